The van der Waals surface area contributed by atoms with E-state index in [1.54, 1.807) is 24.3 Å². The number of aliphatic carboxylic acids is 1. The third kappa shape index (κ3) is 6.64. The highest BCUT2D eigenvalue weighted by atomic mass is 16.5. The minimum Gasteiger partial charge on any atom is -0.480 e. The SMILES string of the molecule is CC(O)N(CC(NC(=O)OCc1ccccc1)C(=O)O)[C@H](C)O. The lowest BCUT2D eigenvalue weighted by Crippen LogP contribution is -2.53. The molecule has 0 spiro atoms. The molecule has 0 aliphatic carbocycles. The van der Waals surface area contributed by atoms with Crippen LogP contribution < -0.4 is 5.32 Å². The lowest BCUT2D eigenvalue weighted by molar-refractivity contribution is -0.143. The van der Waals surface area contributed by atoms with Gasteiger partial charge in [-0.05, 0) is 19.4 Å². The van der Waals surface area contributed by atoms with Crippen LogP contribution in [0.15, 0.2) is 30.3 Å². The number of nitrogens with one attached hydrogen (secondary N) is 1. The van der Waals surface area contributed by atoms with Gasteiger partial charge in [0.1, 0.15) is 25.1 Å². The van der Waals surface area contributed by atoms with Crippen LogP contribution >= 0.6 is 0 Å². The molecule has 128 valence electrons. The second kappa shape index (κ2) is 9.09. The van der Waals surface area contributed by atoms with Crippen molar-refractivity contribution in [1.82, 2.24) is 10.2 Å². The topological polar surface area (TPSA) is 119 Å². The number of hydrogen-bond donors (Lipinski definition) is 4. The van der Waals surface area contributed by atoms with E-state index in [2.05, 4.69) is 5.32 Å². The van der Waals surface area contributed by atoms with Crippen molar-refractivity contribution in [2.24, 2.45) is 0 Å². The summed E-state index contributed by atoms with van der Waals surface area (Å²) >= 11 is 0. The fourth-order valence-corrected chi connectivity index (χ4v) is 1.92. The number of aliphatic hydroxyl groups is 2. The number of hydrogen-bond acceptors (Lipinski definition) is 6. The Morgan fingerprint density at radius 1 is 1.17 bits per heavy atom. The van der Waals surface area contributed by atoms with E-state index in [1.807, 2.05) is 6.07 Å². The Labute approximate surface area is 134 Å². The van der Waals surface area contributed by atoms with Crippen molar-refractivity contribution in [2.45, 2.75) is 39.0 Å². The van der Waals surface area contributed by atoms with Gasteiger partial charge in [-0.15, -0.1) is 0 Å². The molecular weight excluding hydrogens is 304 g/mol. The highest BCUT2D eigenvalue weighted by molar-refractivity contribution is 5.80. The van der Waals surface area contributed by atoms with Crippen LogP contribution in [0, 0.1) is 0 Å². The van der Waals surface area contributed by atoms with Gasteiger partial charge < -0.3 is 25.4 Å². The second-order valence-corrected chi connectivity index (χ2v) is 5.06. The first-order chi connectivity index (χ1) is 10.8. The number of rotatable bonds is 8. The summed E-state index contributed by atoms with van der Waals surface area (Å²) in [6, 6.07) is 7.61. The third-order valence-electron chi connectivity index (χ3n) is 3.16. The maximum Gasteiger partial charge on any atom is 0.408 e. The molecule has 2 unspecified atom stereocenters. The number of carboxylic acids is 1. The molecule has 1 amide bonds. The third-order valence-corrected chi connectivity index (χ3v) is 3.16. The average molecular weight is 326 g/mol. The zero-order valence-electron chi connectivity index (χ0n) is 13.0. The Morgan fingerprint density at radius 2 is 1.74 bits per heavy atom. The number of carbonyl (C=O) groups is 2. The summed E-state index contributed by atoms with van der Waals surface area (Å²) in [7, 11) is 0. The zero-order chi connectivity index (χ0) is 17.4. The van der Waals surface area contributed by atoms with Crippen LogP contribution in [-0.2, 0) is 16.1 Å². The first-order valence-corrected chi connectivity index (χ1v) is 7.13. The molecule has 0 aromatic heterocycles. The number of benzene rings is 1. The fourth-order valence-electron chi connectivity index (χ4n) is 1.92. The summed E-state index contributed by atoms with van der Waals surface area (Å²) in [4.78, 5) is 24.1. The van der Waals surface area contributed by atoms with Gasteiger partial charge in [0.25, 0.3) is 0 Å². The number of amides is 1. The summed E-state index contributed by atoms with van der Waals surface area (Å²) in [6.45, 7) is 2.51. The van der Waals surface area contributed by atoms with Crippen LogP contribution in [0.2, 0.25) is 0 Å². The standard InChI is InChI=1S/C15H22N2O6/c1-10(18)17(11(2)19)8-13(14(20)21)16-15(22)23-9-12-6-4-3-5-7-12/h3-7,10-11,13,18-19H,8-9H2,1-2H3,(H,16,22)(H,20,21)/t10-,11?,13?/m0/s1. The van der Waals surface area contributed by atoms with Gasteiger partial charge in [-0.3, -0.25) is 4.90 Å². The Hall–Kier alpha value is -2.16. The van der Waals surface area contributed by atoms with E-state index in [1.165, 1.54) is 13.8 Å². The fraction of sp³-hybridized carbons (Fsp3) is 0.467. The molecule has 0 saturated heterocycles. The van der Waals surface area contributed by atoms with Gasteiger partial charge in [0.05, 0.1) is 0 Å². The number of ether oxygens (including phenoxy) is 1. The molecular formula is C15H22N2O6. The highest BCUT2D eigenvalue weighted by Crippen LogP contribution is 2.05. The van der Waals surface area contributed by atoms with Crippen LogP contribution in [0.5, 0.6) is 0 Å². The molecule has 23 heavy (non-hydrogen) atoms. The maximum absolute atomic E-state index is 11.7. The Kier molecular flexibility index (Phi) is 7.46. The summed E-state index contributed by atoms with van der Waals surface area (Å²) in [6.07, 6.45) is -3.03. The van der Waals surface area contributed by atoms with E-state index in [0.717, 1.165) is 10.5 Å². The molecule has 0 fully saturated rings. The molecule has 0 saturated carbocycles. The molecule has 0 aliphatic heterocycles. The molecule has 0 radical (unpaired) electrons. The molecule has 1 aromatic carbocycles. The Morgan fingerprint density at radius 3 is 2.22 bits per heavy atom. The van der Waals surface area contributed by atoms with E-state index in [9.17, 15) is 19.8 Å². The summed E-state index contributed by atoms with van der Waals surface area (Å²) in [5.41, 5.74) is 0.768. The van der Waals surface area contributed by atoms with Crippen LogP contribution in [-0.4, -0.2) is 57.3 Å². The Bertz CT molecular complexity index is 498. The van der Waals surface area contributed by atoms with Crippen LogP contribution in [0.25, 0.3) is 0 Å². The first-order valence-electron chi connectivity index (χ1n) is 7.13. The van der Waals surface area contributed by atoms with E-state index < -0.39 is 30.6 Å². The number of alkyl carbamates (subject to hydrolysis) is 1. The normalized spacial score (nSPS) is 14.8. The quantitative estimate of drug-likeness (QED) is 0.509. The summed E-state index contributed by atoms with van der Waals surface area (Å²) < 4.78 is 4.95. The molecule has 0 bridgehead atoms. The molecule has 0 heterocycles. The van der Waals surface area contributed by atoms with E-state index in [0.29, 0.717) is 0 Å². The minimum atomic E-state index is -1.33. The van der Waals surface area contributed by atoms with Crippen molar-refractivity contribution in [3.63, 3.8) is 0 Å². The van der Waals surface area contributed by atoms with Crippen molar-refractivity contribution < 1.29 is 29.6 Å². The first kappa shape index (κ1) is 18.9. The lowest BCUT2D eigenvalue weighted by atomic mass is 10.2. The van der Waals surface area contributed by atoms with Crippen molar-refractivity contribution in [3.8, 4) is 0 Å². The van der Waals surface area contributed by atoms with Gasteiger partial charge >= 0.3 is 12.1 Å². The molecule has 4 N–H and O–H groups in total. The average Bonchev–Trinajstić information content (AvgIpc) is 2.49. The zero-order valence-corrected chi connectivity index (χ0v) is 13.0. The van der Waals surface area contributed by atoms with Crippen molar-refractivity contribution in [3.05, 3.63) is 35.9 Å². The van der Waals surface area contributed by atoms with Gasteiger partial charge in [0, 0.05) is 6.54 Å². The number of carboxylic acid groups (broad SMARTS) is 1. The minimum absolute atomic E-state index is 0.00946. The number of aliphatic hydroxyl groups excluding tert-OH is 2. The molecule has 8 heteroatoms. The van der Waals surface area contributed by atoms with E-state index in [4.69, 9.17) is 9.84 Å². The summed E-state index contributed by atoms with van der Waals surface area (Å²) in [5, 5.41) is 30.4. The maximum atomic E-state index is 11.7. The van der Waals surface area contributed by atoms with E-state index >= 15 is 0 Å². The van der Waals surface area contributed by atoms with Gasteiger partial charge in [0.15, 0.2) is 0 Å². The molecule has 1 aromatic rings. The number of carbonyl (C=O) groups excluding carboxylic acids is 1. The number of nitrogens with zero attached hydrogens (tertiary/aromatic N) is 1. The van der Waals surface area contributed by atoms with Crippen LogP contribution in [0.1, 0.15) is 19.4 Å². The van der Waals surface area contributed by atoms with Crippen molar-refractivity contribution in [2.75, 3.05) is 6.54 Å². The highest BCUT2D eigenvalue weighted by Gasteiger charge is 2.27. The van der Waals surface area contributed by atoms with Crippen molar-refractivity contribution >= 4 is 12.1 Å². The van der Waals surface area contributed by atoms with Gasteiger partial charge in [0.2, 0.25) is 0 Å². The molecule has 0 aliphatic rings. The van der Waals surface area contributed by atoms with Gasteiger partial charge in [-0.2, -0.15) is 0 Å². The molecule has 8 nitrogen and oxygen atoms in total. The smallest absolute Gasteiger partial charge is 0.408 e. The van der Waals surface area contributed by atoms with Crippen LogP contribution in [0.4, 0.5) is 4.79 Å². The second-order valence-electron chi connectivity index (χ2n) is 5.06. The van der Waals surface area contributed by atoms with Crippen LogP contribution in [0.3, 0.4) is 0 Å². The largest absolute Gasteiger partial charge is 0.480 e. The predicted octanol–water partition coefficient (Wildman–Crippen LogP) is 0.345. The Balaban J connectivity index is 2.57. The van der Waals surface area contributed by atoms with Crippen molar-refractivity contribution in [1.29, 1.82) is 0 Å². The molecule has 1 rings (SSSR count). The van der Waals surface area contributed by atoms with Gasteiger partial charge in [-0.1, -0.05) is 30.3 Å². The van der Waals surface area contributed by atoms with Gasteiger partial charge in [-0.25, -0.2) is 9.59 Å². The van der Waals surface area contributed by atoms with E-state index in [-0.39, 0.29) is 13.2 Å². The lowest BCUT2D eigenvalue weighted by Gasteiger charge is -2.30. The summed E-state index contributed by atoms with van der Waals surface area (Å²) in [5.74, 6) is -1.30. The monoisotopic (exact) mass is 326 g/mol. The predicted molar refractivity (Wildman–Crippen MR) is 81.3 cm³/mol. The molecule has 3 atom stereocenters.